The summed E-state index contributed by atoms with van der Waals surface area (Å²) in [5.41, 5.74) is 0.233. The number of carbonyl (C=O) groups is 2. The van der Waals surface area contributed by atoms with Crippen LogP contribution in [0.3, 0.4) is 0 Å². The van der Waals surface area contributed by atoms with Crippen LogP contribution >= 0.6 is 11.6 Å². The molecule has 2 heterocycles. The van der Waals surface area contributed by atoms with E-state index in [4.69, 9.17) is 21.1 Å². The first kappa shape index (κ1) is 28.6. The zero-order chi connectivity index (χ0) is 27.4. The van der Waals surface area contributed by atoms with Gasteiger partial charge in [-0.3, -0.25) is 4.79 Å². The van der Waals surface area contributed by atoms with E-state index >= 15 is 0 Å². The van der Waals surface area contributed by atoms with Crippen LogP contribution in [0.1, 0.15) is 41.6 Å². The Morgan fingerprint density at radius 2 is 1.63 bits per heavy atom. The van der Waals surface area contributed by atoms with E-state index in [-0.39, 0.29) is 5.78 Å². The van der Waals surface area contributed by atoms with Gasteiger partial charge in [-0.15, -0.1) is 0 Å². The van der Waals surface area contributed by atoms with E-state index < -0.39 is 48.1 Å². The van der Waals surface area contributed by atoms with Crippen molar-refractivity contribution in [3.63, 3.8) is 0 Å². The van der Waals surface area contributed by atoms with E-state index in [0.717, 1.165) is 5.56 Å². The second-order valence-corrected chi connectivity index (χ2v) is 10.2. The molecule has 0 unspecified atom stereocenters. The molecule has 206 valence electrons. The summed E-state index contributed by atoms with van der Waals surface area (Å²) in [6, 6.07) is 12.5. The predicted molar refractivity (Wildman–Crippen MR) is 134 cm³/mol. The average Bonchev–Trinajstić information content (AvgIpc) is 2.90. The van der Waals surface area contributed by atoms with Gasteiger partial charge >= 0.3 is 5.97 Å². The third kappa shape index (κ3) is 6.40. The number of hydrogen-bond donors (Lipinski definition) is 4. The van der Waals surface area contributed by atoms with E-state index in [1.54, 1.807) is 24.3 Å². The molecule has 0 aliphatic carbocycles. The van der Waals surface area contributed by atoms with Gasteiger partial charge in [-0.2, -0.15) is 0 Å². The van der Waals surface area contributed by atoms with Gasteiger partial charge in [0, 0.05) is 30.1 Å². The number of ether oxygens (including phenoxy) is 2. The Bertz CT molecular complexity index is 1110. The van der Waals surface area contributed by atoms with Crippen molar-refractivity contribution in [1.82, 2.24) is 4.90 Å². The summed E-state index contributed by atoms with van der Waals surface area (Å²) >= 11 is 6.07. The standard InChI is InChI=1S/C27H31ClFNO8/c28-18-7-5-17(6-8-18)27(38-26-23(34)21(32)22(33)24(37-26)25(35)36)11-14-30(15-12-27)13-1-2-20(31)16-3-9-19(29)10-4-16/h3-10,21-24,26,32-34H,1-2,11-15H2,(H,35,36)/t21-,22-,23+,24-,26-/m0/s1. The number of piperidine rings is 1. The molecule has 5 atom stereocenters. The number of benzene rings is 2. The number of rotatable bonds is 9. The van der Waals surface area contributed by atoms with Gasteiger partial charge in [0.15, 0.2) is 18.2 Å². The molecule has 0 bridgehead atoms. The SMILES string of the molecule is O=C(CCCN1CCC(O[C@@H]2O[C@H](C(=O)O)[C@@H](O)[C@H](O)[C@H]2O)(c2ccc(Cl)cc2)CC1)c1ccc(F)cc1. The topological polar surface area (TPSA) is 137 Å². The van der Waals surface area contributed by atoms with Crippen LogP contribution in [-0.4, -0.2) is 87.4 Å². The summed E-state index contributed by atoms with van der Waals surface area (Å²) in [4.78, 5) is 26.1. The molecule has 0 radical (unpaired) electrons. The molecule has 4 N–H and O–H groups in total. The number of carbonyl (C=O) groups excluding carboxylic acids is 1. The van der Waals surface area contributed by atoms with Gasteiger partial charge in [0.25, 0.3) is 0 Å². The smallest absolute Gasteiger partial charge is 0.335 e. The van der Waals surface area contributed by atoms with Crippen LogP contribution in [0.4, 0.5) is 4.39 Å². The fourth-order valence-corrected chi connectivity index (χ4v) is 5.11. The Labute approximate surface area is 224 Å². The maximum Gasteiger partial charge on any atom is 0.335 e. The highest BCUT2D eigenvalue weighted by molar-refractivity contribution is 6.30. The van der Waals surface area contributed by atoms with Gasteiger partial charge in [0.1, 0.15) is 24.1 Å². The summed E-state index contributed by atoms with van der Waals surface area (Å²) in [5, 5.41) is 40.7. The summed E-state index contributed by atoms with van der Waals surface area (Å²) in [7, 11) is 0. The highest BCUT2D eigenvalue weighted by Gasteiger charge is 2.50. The lowest BCUT2D eigenvalue weighted by Gasteiger charge is -2.47. The van der Waals surface area contributed by atoms with Gasteiger partial charge in [-0.1, -0.05) is 23.7 Å². The highest BCUT2D eigenvalue weighted by atomic mass is 35.5. The van der Waals surface area contributed by atoms with Crippen LogP contribution in [0.25, 0.3) is 0 Å². The van der Waals surface area contributed by atoms with Crippen molar-refractivity contribution in [2.45, 2.75) is 62.0 Å². The van der Waals surface area contributed by atoms with Crippen molar-refractivity contribution >= 4 is 23.4 Å². The van der Waals surface area contributed by atoms with Crippen molar-refractivity contribution in [2.75, 3.05) is 19.6 Å². The molecule has 0 aromatic heterocycles. The Kier molecular flexibility index (Phi) is 9.15. The molecular weight excluding hydrogens is 521 g/mol. The van der Waals surface area contributed by atoms with Crippen LogP contribution in [0.15, 0.2) is 48.5 Å². The number of aliphatic hydroxyl groups is 3. The van der Waals surface area contributed by atoms with Crippen LogP contribution < -0.4 is 0 Å². The normalized spacial score (nSPS) is 27.7. The first-order valence-corrected chi connectivity index (χ1v) is 12.8. The lowest BCUT2D eigenvalue weighted by Crippen LogP contribution is -2.62. The number of carboxylic acid groups (broad SMARTS) is 1. The molecule has 2 fully saturated rings. The summed E-state index contributed by atoms with van der Waals surface area (Å²) in [6.07, 6.45) is -6.68. The van der Waals surface area contributed by atoms with E-state index in [2.05, 4.69) is 4.90 Å². The molecule has 2 aromatic carbocycles. The quantitative estimate of drug-likeness (QED) is 0.346. The van der Waals surface area contributed by atoms with Crippen molar-refractivity contribution < 1.29 is 43.9 Å². The third-order valence-electron chi connectivity index (χ3n) is 7.23. The Balaban J connectivity index is 1.42. The molecule has 38 heavy (non-hydrogen) atoms. The second-order valence-electron chi connectivity index (χ2n) is 9.73. The number of nitrogens with zero attached hydrogens (tertiary/aromatic N) is 1. The number of ketones is 1. The van der Waals surface area contributed by atoms with E-state index in [1.807, 2.05) is 0 Å². The van der Waals surface area contributed by atoms with Crippen molar-refractivity contribution in [1.29, 1.82) is 0 Å². The Morgan fingerprint density at radius 3 is 2.24 bits per heavy atom. The van der Waals surface area contributed by atoms with E-state index in [9.17, 15) is 34.4 Å². The first-order chi connectivity index (χ1) is 18.1. The molecule has 4 rings (SSSR count). The summed E-state index contributed by atoms with van der Waals surface area (Å²) in [6.45, 7) is 1.80. The highest BCUT2D eigenvalue weighted by Crippen LogP contribution is 2.40. The van der Waals surface area contributed by atoms with Gasteiger partial charge in [0.2, 0.25) is 0 Å². The van der Waals surface area contributed by atoms with Gasteiger partial charge in [0.05, 0.1) is 5.60 Å². The zero-order valence-corrected chi connectivity index (χ0v) is 21.3. The molecule has 0 saturated carbocycles. The van der Waals surface area contributed by atoms with E-state index in [1.165, 1.54) is 24.3 Å². The maximum atomic E-state index is 13.1. The number of Topliss-reactive ketones (excluding diaryl/α,β-unsaturated/α-hetero) is 1. The third-order valence-corrected chi connectivity index (χ3v) is 7.49. The molecule has 2 saturated heterocycles. The lowest BCUT2D eigenvalue weighted by atomic mass is 9.83. The molecule has 2 aromatic rings. The minimum Gasteiger partial charge on any atom is -0.479 e. The maximum absolute atomic E-state index is 13.1. The van der Waals surface area contributed by atoms with Crippen molar-refractivity contribution in [2.24, 2.45) is 0 Å². The minimum absolute atomic E-state index is 0.0574. The average molecular weight is 552 g/mol. The molecule has 2 aliphatic rings. The predicted octanol–water partition coefficient (Wildman–Crippen LogP) is 2.34. The zero-order valence-electron chi connectivity index (χ0n) is 20.6. The van der Waals surface area contributed by atoms with Crippen LogP contribution in [0, 0.1) is 5.82 Å². The van der Waals surface area contributed by atoms with Gasteiger partial charge in [-0.25, -0.2) is 9.18 Å². The molecule has 0 amide bonds. The number of hydrogen-bond acceptors (Lipinski definition) is 8. The van der Waals surface area contributed by atoms with Gasteiger partial charge in [-0.05, 0) is 67.8 Å². The lowest BCUT2D eigenvalue weighted by molar-refractivity contribution is -0.327. The van der Waals surface area contributed by atoms with Crippen molar-refractivity contribution in [3.8, 4) is 0 Å². The molecule has 9 nitrogen and oxygen atoms in total. The van der Waals surface area contributed by atoms with Crippen molar-refractivity contribution in [3.05, 3.63) is 70.5 Å². The van der Waals surface area contributed by atoms with Crippen LogP contribution in [0.5, 0.6) is 0 Å². The van der Waals surface area contributed by atoms with Crippen LogP contribution in [0.2, 0.25) is 5.02 Å². The Hall–Kier alpha value is -2.44. The van der Waals surface area contributed by atoms with Crippen LogP contribution in [-0.2, 0) is 19.9 Å². The summed E-state index contributed by atoms with van der Waals surface area (Å²) in [5.74, 6) is -1.93. The van der Waals surface area contributed by atoms with Gasteiger partial charge < -0.3 is 34.8 Å². The number of aliphatic carboxylic acids is 1. The fourth-order valence-electron chi connectivity index (χ4n) is 4.98. The fraction of sp³-hybridized carbons (Fsp3) is 0.481. The number of halogens is 2. The number of carboxylic acids is 1. The number of likely N-dealkylation sites (tertiary alicyclic amines) is 1. The minimum atomic E-state index is -1.81. The molecule has 11 heteroatoms. The molecular formula is C27H31ClFNO8. The second kappa shape index (κ2) is 12.2. The largest absolute Gasteiger partial charge is 0.479 e. The number of aliphatic hydroxyl groups excluding tert-OH is 3. The summed E-state index contributed by atoms with van der Waals surface area (Å²) < 4.78 is 24.8. The Morgan fingerprint density at radius 1 is 1.00 bits per heavy atom. The van der Waals surface area contributed by atoms with E-state index in [0.29, 0.717) is 55.9 Å². The molecule has 0 spiro atoms. The first-order valence-electron chi connectivity index (χ1n) is 12.5. The molecule has 2 aliphatic heterocycles. The monoisotopic (exact) mass is 551 g/mol.